The van der Waals surface area contributed by atoms with Gasteiger partial charge in [-0.3, -0.25) is 19.3 Å². The molecule has 8 nitrogen and oxygen atoms in total. The molecule has 34 heavy (non-hydrogen) atoms. The molecule has 2 aromatic carbocycles. The summed E-state index contributed by atoms with van der Waals surface area (Å²) in [6, 6.07) is 10.4. The van der Waals surface area contributed by atoms with Crippen LogP contribution in [0.2, 0.25) is 0 Å². The van der Waals surface area contributed by atoms with E-state index in [1.165, 1.54) is 4.90 Å². The van der Waals surface area contributed by atoms with Crippen LogP contribution in [0.4, 0.5) is 0 Å². The number of nitrogens with zero attached hydrogens (tertiary/aromatic N) is 2. The molecule has 1 saturated heterocycles. The predicted octanol–water partition coefficient (Wildman–Crippen LogP) is 3.28. The summed E-state index contributed by atoms with van der Waals surface area (Å²) in [5, 5.41) is 0. The van der Waals surface area contributed by atoms with E-state index < -0.39 is 0 Å². The summed E-state index contributed by atoms with van der Waals surface area (Å²) >= 11 is 0. The highest BCUT2D eigenvalue weighted by molar-refractivity contribution is 6.22. The molecule has 1 unspecified atom stereocenters. The van der Waals surface area contributed by atoms with Crippen LogP contribution in [-0.4, -0.2) is 67.0 Å². The van der Waals surface area contributed by atoms with E-state index in [1.807, 2.05) is 23.1 Å². The molecule has 0 radical (unpaired) electrons. The van der Waals surface area contributed by atoms with Crippen molar-refractivity contribution in [3.8, 4) is 11.5 Å². The Morgan fingerprint density at radius 2 is 1.82 bits per heavy atom. The lowest BCUT2D eigenvalue weighted by Gasteiger charge is -2.24. The molecule has 1 atom stereocenters. The summed E-state index contributed by atoms with van der Waals surface area (Å²) in [7, 11) is 3.19. The zero-order valence-electron chi connectivity index (χ0n) is 19.4. The average Bonchev–Trinajstić information content (AvgIpc) is 3.52. The zero-order chi connectivity index (χ0) is 23.8. The Labute approximate surface area is 198 Å². The fraction of sp³-hybridized carbons (Fsp3) is 0.423. The van der Waals surface area contributed by atoms with Crippen molar-refractivity contribution in [3.05, 3.63) is 58.7 Å². The van der Waals surface area contributed by atoms with E-state index in [4.69, 9.17) is 14.2 Å². The van der Waals surface area contributed by atoms with E-state index in [9.17, 15) is 14.4 Å². The fourth-order valence-corrected chi connectivity index (χ4v) is 4.69. The van der Waals surface area contributed by atoms with E-state index in [1.54, 1.807) is 32.4 Å². The number of benzene rings is 2. The highest BCUT2D eigenvalue weighted by Gasteiger charge is 2.39. The first-order valence-corrected chi connectivity index (χ1v) is 11.6. The van der Waals surface area contributed by atoms with E-state index in [2.05, 4.69) is 0 Å². The Balaban J connectivity index is 1.39. The summed E-state index contributed by atoms with van der Waals surface area (Å²) in [6.45, 7) is 1.26. The molecule has 2 heterocycles. The number of methoxy groups -OCH3 is 2. The van der Waals surface area contributed by atoms with Crippen LogP contribution in [0.15, 0.2) is 36.4 Å². The first kappa shape index (κ1) is 22.4. The molecule has 2 fully saturated rings. The largest absolute Gasteiger partial charge is 0.497 e. The SMILES string of the molecule is COc1ccc(OC)c(CN(C(=O)c2ccc3c(c2)C(=O)N(CC2CCCO2)C3=O)C2CC2)c1. The van der Waals surface area contributed by atoms with E-state index in [0.717, 1.165) is 31.2 Å². The van der Waals surface area contributed by atoms with Crippen LogP contribution in [0.1, 0.15) is 62.3 Å². The van der Waals surface area contributed by atoms with Crippen molar-refractivity contribution < 1.29 is 28.6 Å². The van der Waals surface area contributed by atoms with Crippen LogP contribution in [0.3, 0.4) is 0 Å². The summed E-state index contributed by atoms with van der Waals surface area (Å²) in [5.41, 5.74) is 1.86. The van der Waals surface area contributed by atoms with Gasteiger partial charge in [-0.05, 0) is 62.1 Å². The number of hydrogen-bond donors (Lipinski definition) is 0. The molecule has 0 bridgehead atoms. The minimum absolute atomic E-state index is 0.119. The van der Waals surface area contributed by atoms with Gasteiger partial charge in [-0.15, -0.1) is 0 Å². The normalized spacial score (nSPS) is 19.4. The third-order valence-electron chi connectivity index (χ3n) is 6.70. The minimum atomic E-state index is -0.363. The van der Waals surface area contributed by atoms with E-state index in [-0.39, 0.29) is 42.0 Å². The first-order valence-electron chi connectivity index (χ1n) is 11.6. The second kappa shape index (κ2) is 9.10. The molecule has 2 aromatic rings. The lowest BCUT2D eigenvalue weighted by atomic mass is 10.0. The topological polar surface area (TPSA) is 85.4 Å². The van der Waals surface area contributed by atoms with Gasteiger partial charge in [0, 0.05) is 23.8 Å². The maximum absolute atomic E-state index is 13.6. The Kier molecular flexibility index (Phi) is 6.00. The van der Waals surface area contributed by atoms with Gasteiger partial charge in [0.15, 0.2) is 0 Å². The van der Waals surface area contributed by atoms with Gasteiger partial charge in [0.05, 0.1) is 44.5 Å². The maximum Gasteiger partial charge on any atom is 0.261 e. The predicted molar refractivity (Wildman–Crippen MR) is 123 cm³/mol. The van der Waals surface area contributed by atoms with Gasteiger partial charge in [-0.2, -0.15) is 0 Å². The number of amides is 3. The van der Waals surface area contributed by atoms with Crippen LogP contribution in [-0.2, 0) is 11.3 Å². The van der Waals surface area contributed by atoms with Crippen molar-refractivity contribution >= 4 is 17.7 Å². The molecule has 178 valence electrons. The van der Waals surface area contributed by atoms with Crippen LogP contribution >= 0.6 is 0 Å². The number of fused-ring (bicyclic) bond motifs is 1. The summed E-state index contributed by atoms with van der Waals surface area (Å²) in [6.07, 6.45) is 3.50. The molecule has 2 aliphatic heterocycles. The monoisotopic (exact) mass is 464 g/mol. The molecular weight excluding hydrogens is 436 g/mol. The molecular formula is C26H28N2O6. The quantitative estimate of drug-likeness (QED) is 0.558. The standard InChI is InChI=1S/C26H28N2O6/c1-32-19-8-10-23(33-2)17(12-19)14-27(18-6-7-18)24(29)16-5-9-21-22(13-16)26(31)28(25(21)30)15-20-4-3-11-34-20/h5,8-10,12-13,18,20H,3-4,6-7,11,14-15H2,1-2H3. The second-order valence-corrected chi connectivity index (χ2v) is 8.96. The zero-order valence-corrected chi connectivity index (χ0v) is 19.4. The molecule has 5 rings (SSSR count). The van der Waals surface area contributed by atoms with Crippen LogP contribution in [0.5, 0.6) is 11.5 Å². The van der Waals surface area contributed by atoms with E-state index >= 15 is 0 Å². The summed E-state index contributed by atoms with van der Waals surface area (Å²) < 4.78 is 16.4. The van der Waals surface area contributed by atoms with Gasteiger partial charge in [-0.1, -0.05) is 0 Å². The molecule has 0 aromatic heterocycles. The number of ether oxygens (including phenoxy) is 3. The van der Waals surface area contributed by atoms with Gasteiger partial charge in [-0.25, -0.2) is 0 Å². The molecule has 1 aliphatic carbocycles. The number of hydrogen-bond acceptors (Lipinski definition) is 6. The van der Waals surface area contributed by atoms with Crippen molar-refractivity contribution in [2.75, 3.05) is 27.4 Å². The lowest BCUT2D eigenvalue weighted by Crippen LogP contribution is -2.36. The average molecular weight is 465 g/mol. The second-order valence-electron chi connectivity index (χ2n) is 8.96. The van der Waals surface area contributed by atoms with Crippen molar-refractivity contribution in [1.29, 1.82) is 0 Å². The van der Waals surface area contributed by atoms with E-state index in [0.29, 0.717) is 35.8 Å². The highest BCUT2D eigenvalue weighted by atomic mass is 16.5. The van der Waals surface area contributed by atoms with Crippen molar-refractivity contribution in [3.63, 3.8) is 0 Å². The van der Waals surface area contributed by atoms with Crippen molar-refractivity contribution in [1.82, 2.24) is 9.80 Å². The maximum atomic E-state index is 13.6. The third-order valence-corrected chi connectivity index (χ3v) is 6.70. The van der Waals surface area contributed by atoms with Gasteiger partial charge >= 0.3 is 0 Å². The number of imide groups is 1. The fourth-order valence-electron chi connectivity index (χ4n) is 4.69. The summed E-state index contributed by atoms with van der Waals surface area (Å²) in [5.74, 6) is 0.506. The Morgan fingerprint density at radius 3 is 2.50 bits per heavy atom. The number of carbonyl (C=O) groups excluding carboxylic acids is 3. The molecule has 8 heteroatoms. The van der Waals surface area contributed by atoms with Crippen LogP contribution < -0.4 is 9.47 Å². The number of rotatable bonds is 8. The molecule has 1 saturated carbocycles. The lowest BCUT2D eigenvalue weighted by molar-refractivity contribution is 0.0475. The molecule has 0 spiro atoms. The van der Waals surface area contributed by atoms with Crippen molar-refractivity contribution in [2.45, 2.75) is 44.4 Å². The van der Waals surface area contributed by atoms with Crippen molar-refractivity contribution in [2.24, 2.45) is 0 Å². The first-order chi connectivity index (χ1) is 16.5. The summed E-state index contributed by atoms with van der Waals surface area (Å²) in [4.78, 5) is 42.5. The Morgan fingerprint density at radius 1 is 1.03 bits per heavy atom. The smallest absolute Gasteiger partial charge is 0.261 e. The minimum Gasteiger partial charge on any atom is -0.497 e. The molecule has 0 N–H and O–H groups in total. The number of carbonyl (C=O) groups is 3. The Hall–Kier alpha value is -3.39. The highest BCUT2D eigenvalue weighted by Crippen LogP contribution is 2.34. The Bertz CT molecular complexity index is 1140. The van der Waals surface area contributed by atoms with Gasteiger partial charge < -0.3 is 19.1 Å². The van der Waals surface area contributed by atoms with Gasteiger partial charge in [0.1, 0.15) is 11.5 Å². The molecule has 3 amide bonds. The third kappa shape index (κ3) is 4.14. The molecule has 3 aliphatic rings. The van der Waals surface area contributed by atoms with Crippen LogP contribution in [0, 0.1) is 0 Å². The van der Waals surface area contributed by atoms with Gasteiger partial charge in [0.25, 0.3) is 17.7 Å². The van der Waals surface area contributed by atoms with Crippen LogP contribution in [0.25, 0.3) is 0 Å². The van der Waals surface area contributed by atoms with Gasteiger partial charge in [0.2, 0.25) is 0 Å².